The minimum absolute atomic E-state index is 0.0680. The van der Waals surface area contributed by atoms with Crippen molar-refractivity contribution in [2.45, 2.75) is 45.7 Å². The summed E-state index contributed by atoms with van der Waals surface area (Å²) in [6.45, 7) is 4.40. The van der Waals surface area contributed by atoms with E-state index >= 15 is 0 Å². The van der Waals surface area contributed by atoms with Crippen LogP contribution in [0.3, 0.4) is 0 Å². The van der Waals surface area contributed by atoms with Gasteiger partial charge in [0.15, 0.2) is 0 Å². The highest BCUT2D eigenvalue weighted by molar-refractivity contribution is 7.89. The van der Waals surface area contributed by atoms with Gasteiger partial charge in [0.25, 0.3) is 0 Å². The van der Waals surface area contributed by atoms with Crippen molar-refractivity contribution >= 4 is 30.8 Å². The maximum absolute atomic E-state index is 13.2. The molecule has 0 aromatic heterocycles. The van der Waals surface area contributed by atoms with Crippen molar-refractivity contribution in [3.63, 3.8) is 0 Å². The van der Waals surface area contributed by atoms with Crippen LogP contribution in [0.2, 0.25) is 0 Å². The first-order valence-electron chi connectivity index (χ1n) is 10.3. The molecule has 0 heterocycles. The van der Waals surface area contributed by atoms with Crippen LogP contribution in [0.4, 0.5) is 0 Å². The first kappa shape index (κ1) is 21.7. The largest absolute Gasteiger partial charge is 0.213 e. The van der Waals surface area contributed by atoms with E-state index in [1.165, 1.54) is 0 Å². The zero-order valence-electron chi connectivity index (χ0n) is 17.7. The molecule has 30 heavy (non-hydrogen) atoms. The van der Waals surface area contributed by atoms with Crippen LogP contribution in [0.1, 0.15) is 38.7 Å². The summed E-state index contributed by atoms with van der Waals surface area (Å²) < 4.78 is 55.8. The summed E-state index contributed by atoms with van der Waals surface area (Å²) in [5, 5.41) is 2.10. The summed E-state index contributed by atoms with van der Waals surface area (Å²) in [7, 11) is -7.04. The zero-order valence-corrected chi connectivity index (χ0v) is 19.3. The van der Waals surface area contributed by atoms with Crippen LogP contribution < -0.4 is 9.44 Å². The molecular weight excluding hydrogens is 420 g/mol. The molecule has 0 amide bonds. The first-order valence-corrected chi connectivity index (χ1v) is 13.9. The fourth-order valence-electron chi connectivity index (χ4n) is 5.87. The van der Waals surface area contributed by atoms with Gasteiger partial charge in [0.05, 0.1) is 12.0 Å². The van der Waals surface area contributed by atoms with Gasteiger partial charge in [0, 0.05) is 18.0 Å². The lowest BCUT2D eigenvalue weighted by molar-refractivity contribution is 0.133. The Morgan fingerprint density at radius 1 is 1.03 bits per heavy atom. The summed E-state index contributed by atoms with van der Waals surface area (Å²) in [5.74, 6) is 0.256. The topological polar surface area (TPSA) is 92.3 Å². The summed E-state index contributed by atoms with van der Waals surface area (Å²) in [6, 6.07) is 13.4. The van der Waals surface area contributed by atoms with E-state index < -0.39 is 25.5 Å². The Balaban J connectivity index is 1.58. The third kappa shape index (κ3) is 3.79. The molecule has 164 valence electrons. The molecule has 2 aliphatic carbocycles. The van der Waals surface area contributed by atoms with E-state index in [0.29, 0.717) is 18.8 Å². The van der Waals surface area contributed by atoms with Crippen LogP contribution in [-0.2, 0) is 26.6 Å². The molecule has 2 aromatic carbocycles. The van der Waals surface area contributed by atoms with Crippen molar-refractivity contribution in [2.24, 2.45) is 16.7 Å². The first-order chi connectivity index (χ1) is 13.9. The lowest BCUT2D eigenvalue weighted by Crippen LogP contribution is -2.53. The number of fused-ring (bicyclic) bond motifs is 3. The molecular formula is C22H30N2O4S2. The molecule has 0 aliphatic heterocycles. The Kier molecular flexibility index (Phi) is 5.28. The van der Waals surface area contributed by atoms with E-state index in [9.17, 15) is 16.8 Å². The third-order valence-corrected chi connectivity index (χ3v) is 9.79. The third-order valence-electron chi connectivity index (χ3n) is 7.60. The highest BCUT2D eigenvalue weighted by Crippen LogP contribution is 2.66. The van der Waals surface area contributed by atoms with Gasteiger partial charge in [0.1, 0.15) is 0 Å². The lowest BCUT2D eigenvalue weighted by atomic mass is 9.69. The highest BCUT2D eigenvalue weighted by Gasteiger charge is 2.65. The van der Waals surface area contributed by atoms with Gasteiger partial charge in [-0.15, -0.1) is 0 Å². The summed E-state index contributed by atoms with van der Waals surface area (Å²) >= 11 is 0. The summed E-state index contributed by atoms with van der Waals surface area (Å²) in [4.78, 5) is 0. The van der Waals surface area contributed by atoms with Crippen LogP contribution in [0, 0.1) is 16.7 Å². The van der Waals surface area contributed by atoms with E-state index in [-0.39, 0.29) is 23.8 Å². The number of hydrogen-bond donors (Lipinski definition) is 2. The molecule has 2 bridgehead atoms. The fraction of sp³-hybridized carbons (Fsp3) is 0.545. The second-order valence-electron chi connectivity index (χ2n) is 9.51. The molecule has 0 spiro atoms. The maximum atomic E-state index is 13.2. The van der Waals surface area contributed by atoms with E-state index in [0.717, 1.165) is 29.0 Å². The smallest absolute Gasteiger partial charge is 0.212 e. The van der Waals surface area contributed by atoms with Crippen LogP contribution >= 0.6 is 0 Å². The van der Waals surface area contributed by atoms with Gasteiger partial charge in [-0.1, -0.05) is 56.3 Å². The fourth-order valence-corrected chi connectivity index (χ4v) is 8.58. The molecule has 2 N–H and O–H groups in total. The average Bonchev–Trinajstić information content (AvgIpc) is 2.99. The predicted molar refractivity (Wildman–Crippen MR) is 120 cm³/mol. The van der Waals surface area contributed by atoms with Gasteiger partial charge in [-0.05, 0) is 46.9 Å². The Bertz CT molecular complexity index is 1170. The quantitative estimate of drug-likeness (QED) is 0.678. The van der Waals surface area contributed by atoms with E-state index in [1.807, 2.05) is 42.5 Å². The van der Waals surface area contributed by atoms with Gasteiger partial charge < -0.3 is 0 Å². The molecule has 8 heteroatoms. The summed E-state index contributed by atoms with van der Waals surface area (Å²) in [6.07, 6.45) is 3.49. The number of hydrogen-bond acceptors (Lipinski definition) is 4. The van der Waals surface area contributed by atoms with Gasteiger partial charge in [-0.25, -0.2) is 26.3 Å². The number of sulfonamides is 2. The van der Waals surface area contributed by atoms with Gasteiger partial charge in [-0.2, -0.15) is 0 Å². The minimum atomic E-state index is -3.62. The standard InChI is InChI=1S/C22H30N2O4S2/c1-21(2)18-11-12-22(21,20(13-18)24-29(3,25)26)15-30(27,28)23-14-17-9-6-8-16-7-4-5-10-19(16)17/h4-10,18,20,23-24H,11-15H2,1-3H3/t18-,20-,22-/m1/s1. The van der Waals surface area contributed by atoms with Crippen molar-refractivity contribution in [3.8, 4) is 0 Å². The summed E-state index contributed by atoms with van der Waals surface area (Å²) in [5.41, 5.74) is 0.0736. The predicted octanol–water partition coefficient (Wildman–Crippen LogP) is 3.00. The average molecular weight is 451 g/mol. The molecule has 2 aromatic rings. The molecule has 3 atom stereocenters. The number of rotatable bonds is 7. The van der Waals surface area contributed by atoms with Crippen molar-refractivity contribution in [1.29, 1.82) is 0 Å². The molecule has 0 radical (unpaired) electrons. The Labute approximate surface area is 179 Å². The number of nitrogens with one attached hydrogen (secondary N) is 2. The van der Waals surface area contributed by atoms with Gasteiger partial charge in [-0.3, -0.25) is 0 Å². The molecule has 2 aliphatic rings. The highest BCUT2D eigenvalue weighted by atomic mass is 32.2. The Morgan fingerprint density at radius 2 is 1.73 bits per heavy atom. The Morgan fingerprint density at radius 3 is 2.43 bits per heavy atom. The van der Waals surface area contributed by atoms with Gasteiger partial charge in [0.2, 0.25) is 20.0 Å². The SMILES string of the molecule is CC1(C)[C@@H]2CC[C@@]1(CS(=O)(=O)NCc1cccc3ccccc13)[C@H](NS(C)(=O)=O)C2. The van der Waals surface area contributed by atoms with Crippen molar-refractivity contribution in [2.75, 3.05) is 12.0 Å². The monoisotopic (exact) mass is 450 g/mol. The molecule has 6 nitrogen and oxygen atoms in total. The molecule has 4 rings (SSSR count). The van der Waals surface area contributed by atoms with Gasteiger partial charge >= 0.3 is 0 Å². The second-order valence-corrected chi connectivity index (χ2v) is 13.1. The normalized spacial score (nSPS) is 28.2. The lowest BCUT2D eigenvalue weighted by Gasteiger charge is -2.42. The van der Waals surface area contributed by atoms with Crippen LogP contribution in [0.15, 0.2) is 42.5 Å². The maximum Gasteiger partial charge on any atom is 0.212 e. The van der Waals surface area contributed by atoms with Crippen LogP contribution in [0.25, 0.3) is 10.8 Å². The van der Waals surface area contributed by atoms with E-state index in [1.54, 1.807) is 0 Å². The number of benzene rings is 2. The zero-order chi connectivity index (χ0) is 21.8. The molecule has 0 saturated heterocycles. The van der Waals surface area contributed by atoms with Crippen molar-refractivity contribution in [3.05, 3.63) is 48.0 Å². The van der Waals surface area contributed by atoms with Crippen LogP contribution in [-0.4, -0.2) is 34.9 Å². The second kappa shape index (κ2) is 7.29. The van der Waals surface area contributed by atoms with E-state index in [2.05, 4.69) is 23.3 Å². The Hall–Kier alpha value is -1.48. The van der Waals surface area contributed by atoms with Crippen LogP contribution in [0.5, 0.6) is 0 Å². The molecule has 2 saturated carbocycles. The molecule has 2 fully saturated rings. The molecule has 0 unspecified atom stereocenters. The van der Waals surface area contributed by atoms with Crippen molar-refractivity contribution in [1.82, 2.24) is 9.44 Å². The van der Waals surface area contributed by atoms with Crippen molar-refractivity contribution < 1.29 is 16.8 Å². The minimum Gasteiger partial charge on any atom is -0.213 e. The van der Waals surface area contributed by atoms with E-state index in [4.69, 9.17) is 0 Å².